The maximum absolute atomic E-state index is 12.0. The Balaban J connectivity index is 1.96. The number of rotatable bonds is 8. The smallest absolute Gasteiger partial charge is 0.338 e. The van der Waals surface area contributed by atoms with Gasteiger partial charge in [0.25, 0.3) is 5.91 Å². The lowest BCUT2D eigenvalue weighted by molar-refractivity contribution is 0.0696. The van der Waals surface area contributed by atoms with E-state index in [0.717, 1.165) is 23.8 Å². The molecule has 122 valence electrons. The van der Waals surface area contributed by atoms with Crippen LogP contribution in [0.5, 0.6) is 0 Å². The SMILES string of the molecule is CCCOCc1ccccc1CNC(=O)c1cc(C(=O)O)co1. The average molecular weight is 317 g/mol. The molecule has 0 radical (unpaired) electrons. The van der Waals surface area contributed by atoms with Crippen molar-refractivity contribution >= 4 is 11.9 Å². The van der Waals surface area contributed by atoms with Gasteiger partial charge in [0.1, 0.15) is 6.26 Å². The topological polar surface area (TPSA) is 88.8 Å². The highest BCUT2D eigenvalue weighted by Gasteiger charge is 2.14. The van der Waals surface area contributed by atoms with E-state index in [4.69, 9.17) is 14.3 Å². The Morgan fingerprint density at radius 2 is 2.00 bits per heavy atom. The minimum Gasteiger partial charge on any atom is -0.478 e. The van der Waals surface area contributed by atoms with Crippen molar-refractivity contribution in [3.63, 3.8) is 0 Å². The fourth-order valence-electron chi connectivity index (χ4n) is 2.03. The zero-order valence-corrected chi connectivity index (χ0v) is 12.9. The van der Waals surface area contributed by atoms with Crippen molar-refractivity contribution in [2.75, 3.05) is 6.61 Å². The highest BCUT2D eigenvalue weighted by atomic mass is 16.5. The van der Waals surface area contributed by atoms with Crippen LogP contribution >= 0.6 is 0 Å². The van der Waals surface area contributed by atoms with Gasteiger partial charge in [-0.05, 0) is 17.5 Å². The van der Waals surface area contributed by atoms with E-state index < -0.39 is 11.9 Å². The predicted octanol–water partition coefficient (Wildman–Crippen LogP) is 2.83. The minimum atomic E-state index is -1.13. The van der Waals surface area contributed by atoms with Gasteiger partial charge in [-0.1, -0.05) is 31.2 Å². The third kappa shape index (κ3) is 4.69. The van der Waals surface area contributed by atoms with Gasteiger partial charge in [-0.15, -0.1) is 0 Å². The number of aromatic carboxylic acids is 1. The Bertz CT molecular complexity index is 677. The molecule has 1 aromatic carbocycles. The lowest BCUT2D eigenvalue weighted by Gasteiger charge is -2.10. The third-order valence-electron chi connectivity index (χ3n) is 3.23. The molecule has 6 nitrogen and oxygen atoms in total. The lowest BCUT2D eigenvalue weighted by atomic mass is 10.1. The Morgan fingerprint density at radius 3 is 2.65 bits per heavy atom. The first kappa shape index (κ1) is 16.8. The van der Waals surface area contributed by atoms with Gasteiger partial charge < -0.3 is 19.6 Å². The van der Waals surface area contributed by atoms with Crippen LogP contribution in [0, 0.1) is 0 Å². The molecule has 2 N–H and O–H groups in total. The fourth-order valence-corrected chi connectivity index (χ4v) is 2.03. The number of furan rings is 1. The molecule has 1 aromatic heterocycles. The maximum atomic E-state index is 12.0. The Hall–Kier alpha value is -2.60. The van der Waals surface area contributed by atoms with Crippen LogP contribution in [0.4, 0.5) is 0 Å². The van der Waals surface area contributed by atoms with Gasteiger partial charge in [-0.2, -0.15) is 0 Å². The Kier molecular flexibility index (Phi) is 5.94. The number of carbonyl (C=O) groups is 2. The Labute approximate surface area is 134 Å². The summed E-state index contributed by atoms with van der Waals surface area (Å²) in [4.78, 5) is 22.8. The molecule has 23 heavy (non-hydrogen) atoms. The molecule has 1 amide bonds. The zero-order chi connectivity index (χ0) is 16.7. The quantitative estimate of drug-likeness (QED) is 0.731. The monoisotopic (exact) mass is 317 g/mol. The molecule has 0 saturated heterocycles. The summed E-state index contributed by atoms with van der Waals surface area (Å²) in [6, 6.07) is 8.87. The number of hydrogen-bond acceptors (Lipinski definition) is 4. The van der Waals surface area contributed by atoms with Crippen molar-refractivity contribution in [2.45, 2.75) is 26.5 Å². The number of carbonyl (C=O) groups excluding carboxylic acids is 1. The highest BCUT2D eigenvalue weighted by molar-refractivity contribution is 5.95. The third-order valence-corrected chi connectivity index (χ3v) is 3.23. The highest BCUT2D eigenvalue weighted by Crippen LogP contribution is 2.12. The van der Waals surface area contributed by atoms with E-state index in [0.29, 0.717) is 19.8 Å². The van der Waals surface area contributed by atoms with Crippen molar-refractivity contribution in [2.24, 2.45) is 0 Å². The molecule has 6 heteroatoms. The standard InChI is InChI=1S/C17H19NO5/c1-2-7-22-10-13-6-4-3-5-12(13)9-18-16(19)15-8-14(11-23-15)17(20)21/h3-6,8,11H,2,7,9-10H2,1H3,(H,18,19)(H,20,21). The van der Waals surface area contributed by atoms with Crippen LogP contribution in [-0.2, 0) is 17.9 Å². The van der Waals surface area contributed by atoms with Crippen LogP contribution in [0.3, 0.4) is 0 Å². The summed E-state index contributed by atoms with van der Waals surface area (Å²) in [5.41, 5.74) is 1.90. The Morgan fingerprint density at radius 1 is 1.26 bits per heavy atom. The van der Waals surface area contributed by atoms with Crippen LogP contribution in [0.25, 0.3) is 0 Å². The summed E-state index contributed by atoms with van der Waals surface area (Å²) in [7, 11) is 0. The molecule has 0 bridgehead atoms. The van der Waals surface area contributed by atoms with Crippen LogP contribution in [0.15, 0.2) is 41.0 Å². The summed E-state index contributed by atoms with van der Waals surface area (Å²) >= 11 is 0. The average Bonchev–Trinajstić information content (AvgIpc) is 3.04. The molecule has 0 aliphatic rings. The first-order chi connectivity index (χ1) is 11.1. The normalized spacial score (nSPS) is 10.5. The molecule has 1 heterocycles. The summed E-state index contributed by atoms with van der Waals surface area (Å²) in [6.45, 7) is 3.53. The van der Waals surface area contributed by atoms with Crippen molar-refractivity contribution in [1.82, 2.24) is 5.32 Å². The van der Waals surface area contributed by atoms with Gasteiger partial charge in [-0.25, -0.2) is 4.79 Å². The van der Waals surface area contributed by atoms with Gasteiger partial charge in [-0.3, -0.25) is 4.79 Å². The molecule has 0 unspecified atom stereocenters. The lowest BCUT2D eigenvalue weighted by Crippen LogP contribution is -2.23. The van der Waals surface area contributed by atoms with Gasteiger partial charge in [0, 0.05) is 19.2 Å². The second kappa shape index (κ2) is 8.14. The summed E-state index contributed by atoms with van der Waals surface area (Å²) < 4.78 is 10.5. The first-order valence-electron chi connectivity index (χ1n) is 7.36. The van der Waals surface area contributed by atoms with Crippen LogP contribution in [0.2, 0.25) is 0 Å². The maximum Gasteiger partial charge on any atom is 0.338 e. The van der Waals surface area contributed by atoms with E-state index >= 15 is 0 Å². The van der Waals surface area contributed by atoms with Gasteiger partial charge >= 0.3 is 5.97 Å². The van der Waals surface area contributed by atoms with Crippen molar-refractivity contribution in [3.8, 4) is 0 Å². The molecule has 0 aliphatic heterocycles. The predicted molar refractivity (Wildman–Crippen MR) is 83.2 cm³/mol. The number of carboxylic acid groups (broad SMARTS) is 1. The molecule has 2 aromatic rings. The van der Waals surface area contributed by atoms with Gasteiger partial charge in [0.05, 0.1) is 12.2 Å². The summed E-state index contributed by atoms with van der Waals surface area (Å²) in [5, 5.41) is 11.5. The second-order valence-corrected chi connectivity index (χ2v) is 5.01. The van der Waals surface area contributed by atoms with E-state index in [1.54, 1.807) is 0 Å². The number of ether oxygens (including phenoxy) is 1. The minimum absolute atomic E-state index is 0.0258. The van der Waals surface area contributed by atoms with E-state index in [1.807, 2.05) is 31.2 Å². The van der Waals surface area contributed by atoms with Crippen LogP contribution < -0.4 is 5.32 Å². The zero-order valence-electron chi connectivity index (χ0n) is 12.9. The van der Waals surface area contributed by atoms with E-state index in [9.17, 15) is 9.59 Å². The van der Waals surface area contributed by atoms with E-state index in [2.05, 4.69) is 5.32 Å². The van der Waals surface area contributed by atoms with Gasteiger partial charge in [0.2, 0.25) is 0 Å². The molecule has 0 atom stereocenters. The number of hydrogen-bond donors (Lipinski definition) is 2. The molecule has 0 saturated carbocycles. The van der Waals surface area contributed by atoms with Crippen molar-refractivity contribution < 1.29 is 23.8 Å². The molecular weight excluding hydrogens is 298 g/mol. The van der Waals surface area contributed by atoms with Gasteiger partial charge in [0.15, 0.2) is 5.76 Å². The van der Waals surface area contributed by atoms with Crippen molar-refractivity contribution in [1.29, 1.82) is 0 Å². The number of nitrogens with one attached hydrogen (secondary N) is 1. The molecule has 0 spiro atoms. The van der Waals surface area contributed by atoms with Crippen LogP contribution in [-0.4, -0.2) is 23.6 Å². The largest absolute Gasteiger partial charge is 0.478 e. The molecule has 2 rings (SSSR count). The van der Waals surface area contributed by atoms with Crippen molar-refractivity contribution in [3.05, 3.63) is 59.0 Å². The molecule has 0 aliphatic carbocycles. The summed E-state index contributed by atoms with van der Waals surface area (Å²) in [6.07, 6.45) is 1.99. The number of carboxylic acids is 1. The molecule has 0 fully saturated rings. The number of amides is 1. The van der Waals surface area contributed by atoms with E-state index in [-0.39, 0.29) is 11.3 Å². The molecular formula is C17H19NO5. The second-order valence-electron chi connectivity index (χ2n) is 5.01. The number of benzene rings is 1. The summed E-state index contributed by atoms with van der Waals surface area (Å²) in [5.74, 6) is -1.62. The van der Waals surface area contributed by atoms with Crippen LogP contribution in [0.1, 0.15) is 45.4 Å². The van der Waals surface area contributed by atoms with E-state index in [1.165, 1.54) is 6.07 Å². The first-order valence-corrected chi connectivity index (χ1v) is 7.36. The fraction of sp³-hybridized carbons (Fsp3) is 0.294.